The van der Waals surface area contributed by atoms with Crippen LogP contribution in [0.25, 0.3) is 5.65 Å². The Morgan fingerprint density at radius 3 is 2.68 bits per heavy atom. The summed E-state index contributed by atoms with van der Waals surface area (Å²) in [5.41, 5.74) is 6.36. The van der Waals surface area contributed by atoms with Crippen molar-refractivity contribution in [3.05, 3.63) is 65.0 Å². The second-order valence-electron chi connectivity index (χ2n) is 7.03. The fourth-order valence-electron chi connectivity index (χ4n) is 3.35. The molecule has 0 aliphatic carbocycles. The van der Waals surface area contributed by atoms with Crippen molar-refractivity contribution in [1.82, 2.24) is 19.5 Å². The second kappa shape index (κ2) is 8.38. The van der Waals surface area contributed by atoms with Crippen LogP contribution in [0.2, 0.25) is 0 Å². The molecule has 2 aromatic heterocycles. The Hall–Kier alpha value is -4.02. The quantitative estimate of drug-likeness (QED) is 0.525. The summed E-state index contributed by atoms with van der Waals surface area (Å²) in [6.07, 6.45) is 2.16. The summed E-state index contributed by atoms with van der Waals surface area (Å²) >= 11 is 0. The highest BCUT2D eigenvalue weighted by Crippen LogP contribution is 2.24. The Labute approximate surface area is 175 Å². The van der Waals surface area contributed by atoms with Gasteiger partial charge in [-0.3, -0.25) is 19.0 Å². The number of amides is 2. The molecule has 3 N–H and O–H groups in total. The highest BCUT2D eigenvalue weighted by atomic mass is 19.1. The highest BCUT2D eigenvalue weighted by Gasteiger charge is 2.34. The molecule has 0 radical (unpaired) electrons. The van der Waals surface area contributed by atoms with E-state index in [1.807, 2.05) is 0 Å². The first kappa shape index (κ1) is 20.3. The van der Waals surface area contributed by atoms with Gasteiger partial charge in [0.2, 0.25) is 5.91 Å². The predicted molar refractivity (Wildman–Crippen MR) is 111 cm³/mol. The third kappa shape index (κ3) is 4.15. The molecule has 0 spiro atoms. The van der Waals surface area contributed by atoms with Crippen molar-refractivity contribution in [3.63, 3.8) is 0 Å². The second-order valence-corrected chi connectivity index (χ2v) is 7.03. The number of hydrazone groups is 1. The van der Waals surface area contributed by atoms with E-state index in [1.54, 1.807) is 24.4 Å². The van der Waals surface area contributed by atoms with E-state index < -0.39 is 23.7 Å². The summed E-state index contributed by atoms with van der Waals surface area (Å²) < 4.78 is 16.0. The number of anilines is 1. The van der Waals surface area contributed by atoms with E-state index in [9.17, 15) is 18.8 Å². The normalized spacial score (nSPS) is 15.8. The van der Waals surface area contributed by atoms with Crippen molar-refractivity contribution in [3.8, 4) is 0 Å². The molecule has 0 bridgehead atoms. The van der Waals surface area contributed by atoms with E-state index in [1.165, 1.54) is 38.4 Å². The molecular formula is C20H20FN7O3. The van der Waals surface area contributed by atoms with Crippen molar-refractivity contribution < 1.29 is 14.0 Å². The summed E-state index contributed by atoms with van der Waals surface area (Å²) in [6, 6.07) is 9.85. The van der Waals surface area contributed by atoms with Crippen LogP contribution in [0.3, 0.4) is 0 Å². The number of aryl methyl sites for hydroxylation is 1. The molecule has 0 saturated carbocycles. The predicted octanol–water partition coefficient (Wildman–Crippen LogP) is 0.262. The number of nitrogens with two attached hydrogens (primary N) is 1. The van der Waals surface area contributed by atoms with Gasteiger partial charge < -0.3 is 11.1 Å². The lowest BCUT2D eigenvalue weighted by molar-refractivity contribution is -0.119. The third-order valence-electron chi connectivity index (χ3n) is 4.91. The standard InChI is InChI=1S/C20H20FN7O3/c21-13-5-7-14(8-6-13)28-16(18(22)29)12-15(24-28)19(30)23-9-3-11-27-20(31)26-10-2-1-4-17(26)25-27/h1-2,4-8,10,16H,3,9,11-12H2,(H2,22,29)(H,23,30). The van der Waals surface area contributed by atoms with Crippen LogP contribution in [0.5, 0.6) is 0 Å². The Balaban J connectivity index is 1.37. The number of rotatable bonds is 7. The van der Waals surface area contributed by atoms with E-state index in [-0.39, 0.29) is 24.4 Å². The molecule has 11 heteroatoms. The summed E-state index contributed by atoms with van der Waals surface area (Å²) in [7, 11) is 0. The molecule has 1 unspecified atom stereocenters. The number of primary amides is 1. The lowest BCUT2D eigenvalue weighted by Crippen LogP contribution is -2.40. The molecule has 3 aromatic rings. The van der Waals surface area contributed by atoms with Gasteiger partial charge in [0.1, 0.15) is 17.6 Å². The lowest BCUT2D eigenvalue weighted by Gasteiger charge is -2.20. The largest absolute Gasteiger partial charge is 0.368 e. The summed E-state index contributed by atoms with van der Waals surface area (Å²) in [5, 5.41) is 12.5. The maximum absolute atomic E-state index is 13.2. The molecule has 0 fully saturated rings. The smallest absolute Gasteiger partial charge is 0.350 e. The monoisotopic (exact) mass is 425 g/mol. The van der Waals surface area contributed by atoms with E-state index in [0.717, 1.165) is 0 Å². The minimum Gasteiger partial charge on any atom is -0.368 e. The number of carbonyl (C=O) groups is 2. The van der Waals surface area contributed by atoms with Crippen molar-refractivity contribution in [2.45, 2.75) is 25.4 Å². The van der Waals surface area contributed by atoms with Gasteiger partial charge in [0.25, 0.3) is 5.91 Å². The number of aromatic nitrogens is 3. The number of nitrogens with one attached hydrogen (secondary N) is 1. The van der Waals surface area contributed by atoms with Gasteiger partial charge in [0.05, 0.1) is 5.69 Å². The van der Waals surface area contributed by atoms with Crippen LogP contribution in [0.4, 0.5) is 10.1 Å². The number of carbonyl (C=O) groups excluding carboxylic acids is 2. The van der Waals surface area contributed by atoms with E-state index in [2.05, 4.69) is 15.5 Å². The van der Waals surface area contributed by atoms with Crippen LogP contribution in [-0.2, 0) is 16.1 Å². The van der Waals surface area contributed by atoms with E-state index >= 15 is 0 Å². The van der Waals surface area contributed by atoms with Gasteiger partial charge in [-0.25, -0.2) is 13.9 Å². The van der Waals surface area contributed by atoms with Crippen LogP contribution in [0, 0.1) is 5.82 Å². The van der Waals surface area contributed by atoms with Crippen molar-refractivity contribution in [2.24, 2.45) is 10.8 Å². The summed E-state index contributed by atoms with van der Waals surface area (Å²) in [5.74, 6) is -1.49. The number of benzene rings is 1. The van der Waals surface area contributed by atoms with Gasteiger partial charge in [0.15, 0.2) is 5.65 Å². The van der Waals surface area contributed by atoms with Crippen LogP contribution in [0.1, 0.15) is 12.8 Å². The van der Waals surface area contributed by atoms with Crippen LogP contribution in [-0.4, -0.2) is 44.3 Å². The van der Waals surface area contributed by atoms with Crippen LogP contribution in [0.15, 0.2) is 58.6 Å². The van der Waals surface area contributed by atoms with Gasteiger partial charge in [-0.05, 0) is 42.8 Å². The van der Waals surface area contributed by atoms with Gasteiger partial charge in [-0.1, -0.05) is 6.07 Å². The van der Waals surface area contributed by atoms with Crippen LogP contribution < -0.4 is 21.7 Å². The molecule has 10 nitrogen and oxygen atoms in total. The van der Waals surface area contributed by atoms with Crippen LogP contribution >= 0.6 is 0 Å². The molecule has 4 rings (SSSR count). The Morgan fingerprint density at radius 2 is 1.97 bits per heavy atom. The average Bonchev–Trinajstić information content (AvgIpc) is 3.34. The maximum atomic E-state index is 13.2. The lowest BCUT2D eigenvalue weighted by atomic mass is 10.1. The molecule has 3 heterocycles. The summed E-state index contributed by atoms with van der Waals surface area (Å²) in [4.78, 5) is 36.5. The molecule has 0 saturated heterocycles. The molecular weight excluding hydrogens is 405 g/mol. The van der Waals surface area contributed by atoms with E-state index in [0.29, 0.717) is 24.3 Å². The Morgan fingerprint density at radius 1 is 1.19 bits per heavy atom. The number of hydrogen-bond acceptors (Lipinski definition) is 6. The minimum absolute atomic E-state index is 0.0461. The zero-order valence-corrected chi connectivity index (χ0v) is 16.4. The number of hydrogen-bond donors (Lipinski definition) is 2. The van der Waals surface area contributed by atoms with Gasteiger partial charge in [0, 0.05) is 25.7 Å². The Kier molecular flexibility index (Phi) is 5.48. The Bertz CT molecular complexity index is 1220. The zero-order chi connectivity index (χ0) is 22.0. The molecule has 1 atom stereocenters. The molecule has 1 aliphatic heterocycles. The highest BCUT2D eigenvalue weighted by molar-refractivity contribution is 6.40. The first-order valence-electron chi connectivity index (χ1n) is 9.68. The SMILES string of the molecule is NC(=O)C1CC(C(=O)NCCCn2nc3ccccn3c2=O)=NN1c1ccc(F)cc1. The molecule has 31 heavy (non-hydrogen) atoms. The summed E-state index contributed by atoms with van der Waals surface area (Å²) in [6.45, 7) is 0.620. The number of nitrogens with zero attached hydrogens (tertiary/aromatic N) is 5. The van der Waals surface area contributed by atoms with Crippen molar-refractivity contribution in [1.29, 1.82) is 0 Å². The van der Waals surface area contributed by atoms with Gasteiger partial charge in [-0.2, -0.15) is 5.10 Å². The number of pyridine rings is 1. The number of fused-ring (bicyclic) bond motifs is 1. The first-order chi connectivity index (χ1) is 14.9. The number of halogens is 1. The van der Waals surface area contributed by atoms with Crippen molar-refractivity contribution >= 4 is 28.9 Å². The minimum atomic E-state index is -0.831. The maximum Gasteiger partial charge on any atom is 0.350 e. The fourth-order valence-corrected chi connectivity index (χ4v) is 3.35. The molecule has 1 aromatic carbocycles. The fraction of sp³-hybridized carbons (Fsp3) is 0.250. The average molecular weight is 425 g/mol. The topological polar surface area (TPSA) is 127 Å². The molecule has 160 valence electrons. The zero-order valence-electron chi connectivity index (χ0n) is 16.4. The van der Waals surface area contributed by atoms with E-state index in [4.69, 9.17) is 5.73 Å². The molecule has 1 aliphatic rings. The third-order valence-corrected chi connectivity index (χ3v) is 4.91. The molecule has 2 amide bonds. The van der Waals surface area contributed by atoms with Crippen molar-refractivity contribution in [2.75, 3.05) is 11.6 Å². The first-order valence-corrected chi connectivity index (χ1v) is 9.68. The van der Waals surface area contributed by atoms with Gasteiger partial charge in [-0.15, -0.1) is 5.10 Å². The van der Waals surface area contributed by atoms with Gasteiger partial charge >= 0.3 is 5.69 Å².